The number of aromatic nitrogens is 2. The van der Waals surface area contributed by atoms with Gasteiger partial charge in [-0.25, -0.2) is 28.4 Å². The number of rotatable bonds is 3. The van der Waals surface area contributed by atoms with Crippen molar-refractivity contribution in [2.24, 2.45) is 5.84 Å². The Morgan fingerprint density at radius 1 is 1.10 bits per heavy atom. The summed E-state index contributed by atoms with van der Waals surface area (Å²) in [4.78, 5) is 7.28. The van der Waals surface area contributed by atoms with Crippen LogP contribution in [0.25, 0.3) is 0 Å². The summed E-state index contributed by atoms with van der Waals surface area (Å²) < 4.78 is 53.0. The molecule has 2 aromatic rings. The molecule has 0 atom stereocenters. The summed E-state index contributed by atoms with van der Waals surface area (Å²) in [5.41, 5.74) is 1.01. The lowest BCUT2D eigenvalue weighted by molar-refractivity contribution is 0.459. The lowest BCUT2D eigenvalue weighted by atomic mass is 10.2. The van der Waals surface area contributed by atoms with Crippen molar-refractivity contribution in [2.45, 2.75) is 0 Å². The Morgan fingerprint density at radius 3 is 2.25 bits per heavy atom. The van der Waals surface area contributed by atoms with Gasteiger partial charge < -0.3 is 5.32 Å². The van der Waals surface area contributed by atoms with Crippen LogP contribution < -0.4 is 16.6 Å². The normalized spacial score (nSPS) is 10.5. The van der Waals surface area contributed by atoms with Gasteiger partial charge in [-0.3, -0.25) is 5.43 Å². The first-order valence-electron chi connectivity index (χ1n) is 5.03. The molecule has 0 saturated heterocycles. The molecule has 0 saturated carbocycles. The van der Waals surface area contributed by atoms with Gasteiger partial charge in [-0.1, -0.05) is 11.6 Å². The molecule has 106 valence electrons. The fraction of sp³-hybridized carbons (Fsp3) is 0. The Labute approximate surface area is 114 Å². The molecule has 1 heterocycles. The van der Waals surface area contributed by atoms with Crippen LogP contribution in [0.1, 0.15) is 0 Å². The predicted molar refractivity (Wildman–Crippen MR) is 64.4 cm³/mol. The van der Waals surface area contributed by atoms with E-state index < -0.39 is 29.0 Å². The van der Waals surface area contributed by atoms with Crippen LogP contribution in [0.2, 0.25) is 5.02 Å². The molecule has 0 spiro atoms. The molecule has 5 nitrogen and oxygen atoms in total. The van der Waals surface area contributed by atoms with E-state index in [1.807, 2.05) is 0 Å². The second kappa shape index (κ2) is 5.47. The highest BCUT2D eigenvalue weighted by molar-refractivity contribution is 6.32. The fourth-order valence-electron chi connectivity index (χ4n) is 1.33. The maximum absolute atomic E-state index is 13.5. The monoisotopic (exact) mass is 307 g/mol. The van der Waals surface area contributed by atoms with Crippen molar-refractivity contribution in [1.29, 1.82) is 0 Å². The fourth-order valence-corrected chi connectivity index (χ4v) is 1.46. The molecular weight excluding hydrogens is 302 g/mol. The maximum Gasteiger partial charge on any atom is 0.239 e. The number of nitrogen functional groups attached to an aromatic ring is 1. The molecule has 0 radical (unpaired) electrons. The van der Waals surface area contributed by atoms with Crippen LogP contribution in [0.4, 0.5) is 35.0 Å². The Hall–Kier alpha value is -2.13. The second-order valence-corrected chi connectivity index (χ2v) is 3.91. The number of nitrogens with two attached hydrogens (primary N) is 1. The molecule has 4 N–H and O–H groups in total. The summed E-state index contributed by atoms with van der Waals surface area (Å²) in [6.45, 7) is 0. The van der Waals surface area contributed by atoms with Gasteiger partial charge in [-0.15, -0.1) is 0 Å². The lowest BCUT2D eigenvalue weighted by Gasteiger charge is -2.11. The predicted octanol–water partition coefficient (Wildman–Crippen LogP) is 2.72. The number of nitrogens with zero attached hydrogens (tertiary/aromatic N) is 2. The number of hydrogen-bond acceptors (Lipinski definition) is 5. The van der Waals surface area contributed by atoms with Gasteiger partial charge in [0.05, 0.1) is 6.20 Å². The first-order chi connectivity index (χ1) is 9.43. The zero-order valence-electron chi connectivity index (χ0n) is 9.52. The zero-order chi connectivity index (χ0) is 14.9. The van der Waals surface area contributed by atoms with Gasteiger partial charge in [0.25, 0.3) is 0 Å². The molecule has 0 aliphatic carbocycles. The van der Waals surface area contributed by atoms with Gasteiger partial charge in [-0.2, -0.15) is 4.98 Å². The molecule has 1 aromatic heterocycles. The van der Waals surface area contributed by atoms with E-state index >= 15 is 0 Å². The van der Waals surface area contributed by atoms with Gasteiger partial charge in [0, 0.05) is 6.07 Å². The summed E-state index contributed by atoms with van der Waals surface area (Å²) in [5, 5.41) is 1.92. The van der Waals surface area contributed by atoms with Crippen LogP contribution in [0.15, 0.2) is 12.3 Å². The third-order valence-electron chi connectivity index (χ3n) is 2.23. The van der Waals surface area contributed by atoms with Gasteiger partial charge in [-0.05, 0) is 0 Å². The molecule has 1 aromatic carbocycles. The Balaban J connectivity index is 2.50. The Kier molecular flexibility index (Phi) is 3.91. The average molecular weight is 308 g/mol. The van der Waals surface area contributed by atoms with Crippen molar-refractivity contribution >= 4 is 29.1 Å². The SMILES string of the molecule is NNc1ncc(Cl)c(Nc2c(F)c(F)cc(F)c2F)n1. The highest BCUT2D eigenvalue weighted by Crippen LogP contribution is 2.29. The van der Waals surface area contributed by atoms with Gasteiger partial charge in [0.2, 0.25) is 5.95 Å². The van der Waals surface area contributed by atoms with Gasteiger partial charge in [0.15, 0.2) is 29.1 Å². The Bertz CT molecular complexity index is 640. The number of hydrazine groups is 1. The number of benzene rings is 1. The highest BCUT2D eigenvalue weighted by atomic mass is 35.5. The van der Waals surface area contributed by atoms with Crippen molar-refractivity contribution < 1.29 is 17.6 Å². The van der Waals surface area contributed by atoms with Crippen molar-refractivity contribution in [3.05, 3.63) is 40.6 Å². The molecule has 0 aliphatic heterocycles. The van der Waals surface area contributed by atoms with E-state index in [1.165, 1.54) is 0 Å². The summed E-state index contributed by atoms with van der Waals surface area (Å²) in [7, 11) is 0. The van der Waals surface area contributed by atoms with Gasteiger partial charge in [0.1, 0.15) is 10.7 Å². The molecule has 10 heteroatoms. The highest BCUT2D eigenvalue weighted by Gasteiger charge is 2.20. The third-order valence-corrected chi connectivity index (χ3v) is 2.50. The molecule has 0 amide bonds. The minimum absolute atomic E-state index is 0.0876. The van der Waals surface area contributed by atoms with E-state index in [9.17, 15) is 17.6 Å². The van der Waals surface area contributed by atoms with Crippen LogP contribution in [-0.4, -0.2) is 9.97 Å². The quantitative estimate of drug-likeness (QED) is 0.352. The van der Waals surface area contributed by atoms with Crippen LogP contribution >= 0.6 is 11.6 Å². The lowest BCUT2D eigenvalue weighted by Crippen LogP contribution is -2.12. The van der Waals surface area contributed by atoms with Crippen LogP contribution in [-0.2, 0) is 0 Å². The number of halogens is 5. The number of hydrogen-bond donors (Lipinski definition) is 3. The molecule has 0 bridgehead atoms. The number of nitrogens with one attached hydrogen (secondary N) is 2. The summed E-state index contributed by atoms with van der Waals surface area (Å²) in [6.07, 6.45) is 1.08. The molecule has 0 aliphatic rings. The number of anilines is 3. The maximum atomic E-state index is 13.5. The molecule has 0 fully saturated rings. The first-order valence-corrected chi connectivity index (χ1v) is 5.41. The van der Waals surface area contributed by atoms with E-state index in [0.29, 0.717) is 0 Å². The zero-order valence-corrected chi connectivity index (χ0v) is 10.3. The molecule has 20 heavy (non-hydrogen) atoms. The van der Waals surface area contributed by atoms with Crippen molar-refractivity contribution in [3.8, 4) is 0 Å². The molecular formula is C10H6ClF4N5. The minimum Gasteiger partial charge on any atom is -0.334 e. The third kappa shape index (κ3) is 2.58. The summed E-state index contributed by atoms with van der Waals surface area (Å²) >= 11 is 5.70. The second-order valence-electron chi connectivity index (χ2n) is 3.50. The first kappa shape index (κ1) is 14.3. The largest absolute Gasteiger partial charge is 0.334 e. The van der Waals surface area contributed by atoms with Crippen LogP contribution in [0.5, 0.6) is 0 Å². The van der Waals surface area contributed by atoms with Crippen LogP contribution in [0.3, 0.4) is 0 Å². The van der Waals surface area contributed by atoms with Crippen LogP contribution in [0, 0.1) is 23.3 Å². The van der Waals surface area contributed by atoms with Crippen molar-refractivity contribution in [3.63, 3.8) is 0 Å². The van der Waals surface area contributed by atoms with Gasteiger partial charge >= 0.3 is 0 Å². The smallest absolute Gasteiger partial charge is 0.239 e. The average Bonchev–Trinajstić information content (AvgIpc) is 2.43. The summed E-state index contributed by atoms with van der Waals surface area (Å²) in [6, 6.07) is 0.0876. The van der Waals surface area contributed by atoms with Crippen molar-refractivity contribution in [1.82, 2.24) is 9.97 Å². The molecule has 0 unspecified atom stereocenters. The topological polar surface area (TPSA) is 75.9 Å². The Morgan fingerprint density at radius 2 is 1.70 bits per heavy atom. The van der Waals surface area contributed by atoms with E-state index in [0.717, 1.165) is 6.20 Å². The summed E-state index contributed by atoms with van der Waals surface area (Å²) in [5.74, 6) is -1.68. The molecule has 2 rings (SSSR count). The van der Waals surface area contributed by atoms with E-state index in [2.05, 4.69) is 20.7 Å². The standard InChI is InChI=1S/C10H6ClF4N5/c11-3-2-17-10(20-16)19-9(3)18-8-6(14)4(12)1-5(13)7(8)15/h1-2H,16H2,(H2,17,18,19,20). The van der Waals surface area contributed by atoms with E-state index in [-0.39, 0.29) is 22.9 Å². The van der Waals surface area contributed by atoms with Crippen molar-refractivity contribution in [2.75, 3.05) is 10.7 Å². The van der Waals surface area contributed by atoms with E-state index in [1.54, 1.807) is 0 Å². The van der Waals surface area contributed by atoms with E-state index in [4.69, 9.17) is 17.4 Å². The minimum atomic E-state index is -1.61.